The van der Waals surface area contributed by atoms with Gasteiger partial charge in [-0.1, -0.05) is 24.3 Å². The molecular weight excluding hydrogens is 224 g/mol. The molecular formula is C15H18N2O. The molecule has 2 aromatic rings. The Labute approximate surface area is 107 Å². The van der Waals surface area contributed by atoms with Crippen LogP contribution in [0.3, 0.4) is 0 Å². The van der Waals surface area contributed by atoms with E-state index in [1.165, 1.54) is 11.1 Å². The van der Waals surface area contributed by atoms with Gasteiger partial charge in [-0.15, -0.1) is 0 Å². The maximum absolute atomic E-state index is 9.65. The fraction of sp³-hybridized carbons (Fsp3) is 0.400. The van der Waals surface area contributed by atoms with Crippen molar-refractivity contribution in [2.45, 2.75) is 38.7 Å². The standard InChI is InChI=1S/C15H18N2O/c1-10-4-2-3-5-11(10)8-15-16-13-7-6-12(18)9-14(13)17-15/h2-5,12,18H,6-9H2,1H3,(H,16,17). The smallest absolute Gasteiger partial charge is 0.111 e. The van der Waals surface area contributed by atoms with Crippen molar-refractivity contribution in [3.63, 3.8) is 0 Å². The number of aliphatic hydroxyl groups is 1. The van der Waals surface area contributed by atoms with Crippen LogP contribution in [-0.4, -0.2) is 21.2 Å². The molecule has 1 heterocycles. The molecule has 2 N–H and O–H groups in total. The second kappa shape index (κ2) is 4.58. The zero-order valence-electron chi connectivity index (χ0n) is 10.6. The Balaban J connectivity index is 1.84. The molecule has 0 saturated heterocycles. The minimum Gasteiger partial charge on any atom is -0.393 e. The molecule has 0 saturated carbocycles. The molecule has 0 radical (unpaired) electrons. The van der Waals surface area contributed by atoms with Crippen LogP contribution in [0.1, 0.15) is 34.8 Å². The topological polar surface area (TPSA) is 48.9 Å². The van der Waals surface area contributed by atoms with Gasteiger partial charge in [-0.2, -0.15) is 0 Å². The molecule has 1 aliphatic rings. The van der Waals surface area contributed by atoms with Gasteiger partial charge in [-0.3, -0.25) is 0 Å². The van der Waals surface area contributed by atoms with E-state index in [0.29, 0.717) is 0 Å². The number of nitrogens with zero attached hydrogens (tertiary/aromatic N) is 1. The van der Waals surface area contributed by atoms with E-state index < -0.39 is 0 Å². The van der Waals surface area contributed by atoms with Crippen molar-refractivity contribution in [1.82, 2.24) is 9.97 Å². The maximum Gasteiger partial charge on any atom is 0.111 e. The third kappa shape index (κ3) is 2.18. The van der Waals surface area contributed by atoms with Crippen molar-refractivity contribution in [2.75, 3.05) is 0 Å². The van der Waals surface area contributed by atoms with Gasteiger partial charge in [-0.05, 0) is 30.9 Å². The van der Waals surface area contributed by atoms with E-state index in [1.807, 2.05) is 0 Å². The van der Waals surface area contributed by atoms with Gasteiger partial charge in [0.25, 0.3) is 0 Å². The lowest BCUT2D eigenvalue weighted by Crippen LogP contribution is -2.18. The van der Waals surface area contributed by atoms with E-state index in [1.54, 1.807) is 0 Å². The predicted molar refractivity (Wildman–Crippen MR) is 70.6 cm³/mol. The Morgan fingerprint density at radius 3 is 3.06 bits per heavy atom. The van der Waals surface area contributed by atoms with Crippen molar-refractivity contribution >= 4 is 0 Å². The van der Waals surface area contributed by atoms with Gasteiger partial charge >= 0.3 is 0 Å². The molecule has 0 fully saturated rings. The van der Waals surface area contributed by atoms with Crippen LogP contribution in [0, 0.1) is 6.92 Å². The SMILES string of the molecule is Cc1ccccc1Cc1nc2c([nH]1)CC(O)CC2. The van der Waals surface area contributed by atoms with Crippen molar-refractivity contribution < 1.29 is 5.11 Å². The molecule has 3 heteroatoms. The van der Waals surface area contributed by atoms with E-state index in [0.717, 1.165) is 42.9 Å². The number of aromatic amines is 1. The highest BCUT2D eigenvalue weighted by Crippen LogP contribution is 2.21. The molecule has 94 valence electrons. The summed E-state index contributed by atoms with van der Waals surface area (Å²) in [5, 5.41) is 9.65. The third-order valence-corrected chi connectivity index (χ3v) is 3.69. The number of nitrogens with one attached hydrogen (secondary N) is 1. The zero-order chi connectivity index (χ0) is 12.5. The molecule has 0 aliphatic heterocycles. The van der Waals surface area contributed by atoms with Crippen molar-refractivity contribution in [2.24, 2.45) is 0 Å². The largest absolute Gasteiger partial charge is 0.393 e. The average Bonchev–Trinajstić information content (AvgIpc) is 2.73. The van der Waals surface area contributed by atoms with Gasteiger partial charge in [0.2, 0.25) is 0 Å². The van der Waals surface area contributed by atoms with E-state index in [4.69, 9.17) is 0 Å². The number of imidazole rings is 1. The fourth-order valence-corrected chi connectivity index (χ4v) is 2.59. The minimum absolute atomic E-state index is 0.204. The first kappa shape index (κ1) is 11.5. The average molecular weight is 242 g/mol. The van der Waals surface area contributed by atoms with Crippen LogP contribution in [0.4, 0.5) is 0 Å². The second-order valence-corrected chi connectivity index (χ2v) is 5.11. The lowest BCUT2D eigenvalue weighted by Gasteiger charge is -2.14. The zero-order valence-corrected chi connectivity index (χ0v) is 10.6. The monoisotopic (exact) mass is 242 g/mol. The highest BCUT2D eigenvalue weighted by atomic mass is 16.3. The second-order valence-electron chi connectivity index (χ2n) is 5.11. The summed E-state index contributed by atoms with van der Waals surface area (Å²) in [6, 6.07) is 8.39. The number of aromatic nitrogens is 2. The molecule has 1 aromatic carbocycles. The fourth-order valence-electron chi connectivity index (χ4n) is 2.59. The van der Waals surface area contributed by atoms with Gasteiger partial charge in [0, 0.05) is 18.5 Å². The first-order chi connectivity index (χ1) is 8.72. The number of aliphatic hydroxyl groups excluding tert-OH is 1. The summed E-state index contributed by atoms with van der Waals surface area (Å²) in [4.78, 5) is 8.02. The third-order valence-electron chi connectivity index (χ3n) is 3.69. The van der Waals surface area contributed by atoms with Crippen LogP contribution in [0.25, 0.3) is 0 Å². The van der Waals surface area contributed by atoms with Crippen LogP contribution < -0.4 is 0 Å². The number of aryl methyl sites for hydroxylation is 2. The highest BCUT2D eigenvalue weighted by Gasteiger charge is 2.20. The lowest BCUT2D eigenvalue weighted by molar-refractivity contribution is 0.157. The van der Waals surface area contributed by atoms with Gasteiger partial charge in [0.1, 0.15) is 5.82 Å². The summed E-state index contributed by atoms with van der Waals surface area (Å²) in [6.45, 7) is 2.13. The maximum atomic E-state index is 9.65. The van der Waals surface area contributed by atoms with Crippen LogP contribution >= 0.6 is 0 Å². The van der Waals surface area contributed by atoms with Crippen molar-refractivity contribution in [3.05, 3.63) is 52.6 Å². The van der Waals surface area contributed by atoms with Gasteiger partial charge in [0.15, 0.2) is 0 Å². The molecule has 1 aliphatic carbocycles. The summed E-state index contributed by atoms with van der Waals surface area (Å²) in [7, 11) is 0. The van der Waals surface area contributed by atoms with Crippen LogP contribution in [-0.2, 0) is 19.3 Å². The molecule has 1 atom stereocenters. The Bertz CT molecular complexity index is 559. The van der Waals surface area contributed by atoms with Crippen LogP contribution in [0.5, 0.6) is 0 Å². The number of hydrogen-bond donors (Lipinski definition) is 2. The number of fused-ring (bicyclic) bond motifs is 1. The predicted octanol–water partition coefficient (Wildman–Crippen LogP) is 2.16. The van der Waals surface area contributed by atoms with Crippen molar-refractivity contribution in [3.8, 4) is 0 Å². The van der Waals surface area contributed by atoms with E-state index in [2.05, 4.69) is 41.2 Å². The minimum atomic E-state index is -0.204. The summed E-state index contributed by atoms with van der Waals surface area (Å²) in [5.41, 5.74) is 4.87. The first-order valence-electron chi connectivity index (χ1n) is 6.51. The van der Waals surface area contributed by atoms with Crippen molar-refractivity contribution in [1.29, 1.82) is 0 Å². The molecule has 3 rings (SSSR count). The Hall–Kier alpha value is -1.61. The summed E-state index contributed by atoms with van der Waals surface area (Å²) >= 11 is 0. The van der Waals surface area contributed by atoms with Crippen LogP contribution in [0.2, 0.25) is 0 Å². The molecule has 1 unspecified atom stereocenters. The van der Waals surface area contributed by atoms with Gasteiger partial charge in [-0.25, -0.2) is 4.98 Å². The molecule has 0 bridgehead atoms. The Morgan fingerprint density at radius 2 is 2.22 bits per heavy atom. The molecule has 1 aromatic heterocycles. The van der Waals surface area contributed by atoms with E-state index in [9.17, 15) is 5.11 Å². The summed E-state index contributed by atoms with van der Waals surface area (Å²) in [5.74, 6) is 1.02. The number of benzene rings is 1. The lowest BCUT2D eigenvalue weighted by atomic mass is 9.99. The molecule has 18 heavy (non-hydrogen) atoms. The number of rotatable bonds is 2. The first-order valence-corrected chi connectivity index (χ1v) is 6.51. The normalized spacial score (nSPS) is 18.7. The van der Waals surface area contributed by atoms with E-state index >= 15 is 0 Å². The van der Waals surface area contributed by atoms with Crippen LogP contribution in [0.15, 0.2) is 24.3 Å². The molecule has 0 spiro atoms. The highest BCUT2D eigenvalue weighted by molar-refractivity contribution is 5.29. The summed E-state index contributed by atoms with van der Waals surface area (Å²) < 4.78 is 0. The Morgan fingerprint density at radius 1 is 1.39 bits per heavy atom. The number of hydrogen-bond acceptors (Lipinski definition) is 2. The van der Waals surface area contributed by atoms with E-state index in [-0.39, 0.29) is 6.10 Å². The molecule has 3 nitrogen and oxygen atoms in total. The summed E-state index contributed by atoms with van der Waals surface area (Å²) in [6.07, 6.45) is 3.08. The van der Waals surface area contributed by atoms with Gasteiger partial charge in [0.05, 0.1) is 11.8 Å². The van der Waals surface area contributed by atoms with Gasteiger partial charge < -0.3 is 10.1 Å². The molecule has 0 amide bonds. The number of H-pyrrole nitrogens is 1. The quantitative estimate of drug-likeness (QED) is 0.847. The Kier molecular flexibility index (Phi) is 2.92.